The zero-order valence-electron chi connectivity index (χ0n) is 27.4. The summed E-state index contributed by atoms with van der Waals surface area (Å²) < 4.78 is 16.0. The molecule has 3 fully saturated rings. The second-order valence-corrected chi connectivity index (χ2v) is 13.8. The minimum Gasteiger partial charge on any atom is -0.466 e. The van der Waals surface area contributed by atoms with Gasteiger partial charge in [0.25, 0.3) is 22.3 Å². The highest BCUT2D eigenvalue weighted by Gasteiger charge is 2.26. The van der Waals surface area contributed by atoms with E-state index in [1.54, 1.807) is 49.8 Å². The van der Waals surface area contributed by atoms with Crippen molar-refractivity contribution in [1.29, 1.82) is 0 Å². The summed E-state index contributed by atoms with van der Waals surface area (Å²) in [6, 6.07) is 11.3. The zero-order chi connectivity index (χ0) is 35.9. The van der Waals surface area contributed by atoms with Gasteiger partial charge in [-0.1, -0.05) is 25.0 Å². The molecule has 1 saturated carbocycles. The van der Waals surface area contributed by atoms with Crippen LogP contribution in [-0.4, -0.2) is 46.8 Å². The number of imide groups is 2. The number of benzene rings is 2. The number of rotatable bonds is 9. The van der Waals surface area contributed by atoms with Crippen molar-refractivity contribution in [2.75, 3.05) is 6.61 Å². The molecule has 0 bridgehead atoms. The first-order chi connectivity index (χ1) is 24.6. The van der Waals surface area contributed by atoms with Gasteiger partial charge in [-0.25, -0.2) is 0 Å². The lowest BCUT2D eigenvalue weighted by molar-refractivity contribution is -0.143. The van der Waals surface area contributed by atoms with E-state index in [9.17, 15) is 28.8 Å². The molecular weight excluding hydrogens is 695 g/mol. The lowest BCUT2D eigenvalue weighted by atomic mass is 10.1. The third-order valence-electron chi connectivity index (χ3n) is 8.20. The van der Waals surface area contributed by atoms with Gasteiger partial charge in [-0.3, -0.25) is 39.4 Å². The van der Waals surface area contributed by atoms with E-state index in [0.29, 0.717) is 34.0 Å². The van der Waals surface area contributed by atoms with Crippen LogP contribution in [0.25, 0.3) is 40.2 Å². The summed E-state index contributed by atoms with van der Waals surface area (Å²) >= 11 is 1.76. The van der Waals surface area contributed by atoms with Crippen LogP contribution in [0.15, 0.2) is 73.6 Å². The third kappa shape index (κ3) is 9.07. The molecule has 2 aromatic carbocycles. The third-order valence-corrected chi connectivity index (χ3v) is 9.83. The molecule has 1 aliphatic carbocycles. The normalized spacial score (nSPS) is 17.8. The maximum atomic E-state index is 12.1. The average molecular weight is 728 g/mol. The Morgan fingerprint density at radius 1 is 0.863 bits per heavy atom. The molecule has 2 aromatic heterocycles. The molecule has 0 radical (unpaired) electrons. The second kappa shape index (κ2) is 16.1. The molecular formula is C37H33N3O9S2. The SMILES string of the molecule is CCOC(=O)CCc1coc2ccc(C=C3SC(=O)NC3=O)cc12.O=C(C=Cc1coc2ccc(C=C3SC(=O)NC3=O)cc12)NC1CCCC1. The van der Waals surface area contributed by atoms with Crippen LogP contribution >= 0.6 is 23.5 Å². The summed E-state index contributed by atoms with van der Waals surface area (Å²) in [5.74, 6) is -1.13. The number of furan rings is 2. The van der Waals surface area contributed by atoms with Gasteiger partial charge in [-0.2, -0.15) is 0 Å². The highest BCUT2D eigenvalue weighted by atomic mass is 32.2. The molecule has 4 heterocycles. The Balaban J connectivity index is 0.000000177. The fraction of sp³-hybridized carbons (Fsp3) is 0.243. The molecule has 0 spiro atoms. The Hall–Kier alpha value is -5.34. The van der Waals surface area contributed by atoms with Crippen molar-refractivity contribution in [2.45, 2.75) is 51.5 Å². The number of thioether (sulfide) groups is 2. The molecule has 2 aliphatic heterocycles. The molecule has 0 atom stereocenters. The summed E-state index contributed by atoms with van der Waals surface area (Å²) in [7, 11) is 0. The lowest BCUT2D eigenvalue weighted by Gasteiger charge is -2.08. The number of fused-ring (bicyclic) bond motifs is 2. The van der Waals surface area contributed by atoms with Crippen LogP contribution in [0.5, 0.6) is 0 Å². The van der Waals surface area contributed by atoms with Crippen molar-refractivity contribution >= 4 is 97.9 Å². The Labute approximate surface area is 300 Å². The fourth-order valence-corrected chi connectivity index (χ4v) is 7.13. The molecule has 262 valence electrons. The van der Waals surface area contributed by atoms with E-state index in [1.165, 1.54) is 18.9 Å². The summed E-state index contributed by atoms with van der Waals surface area (Å²) in [6.07, 6.45) is 15.0. The smallest absolute Gasteiger partial charge is 0.306 e. The predicted octanol–water partition coefficient (Wildman–Crippen LogP) is 7.08. The van der Waals surface area contributed by atoms with E-state index in [1.807, 2.05) is 24.3 Å². The standard InChI is InChI=1S/C20H18N2O4S.C17H15NO5S/c23-18(21-14-3-1-2-4-14)8-6-13-11-26-16-7-5-12(9-15(13)16)10-17-19(24)22-20(25)27-17;1-2-22-15(19)6-4-11-9-23-13-5-3-10(7-12(11)13)8-14-16(20)18-17(21)24-14/h5-11,14H,1-4H2,(H,21,23)(H,22,24,25);3,5,7-9H,2,4,6H2,1H3,(H,18,20,21). The largest absolute Gasteiger partial charge is 0.466 e. The van der Waals surface area contributed by atoms with Gasteiger partial charge in [0.05, 0.1) is 28.9 Å². The fourth-order valence-electron chi connectivity index (χ4n) is 5.77. The van der Waals surface area contributed by atoms with Gasteiger partial charge in [-0.15, -0.1) is 0 Å². The number of carbonyl (C=O) groups excluding carboxylic acids is 6. The number of aryl methyl sites for hydroxylation is 1. The van der Waals surface area contributed by atoms with Crippen molar-refractivity contribution in [3.05, 3.63) is 87.1 Å². The first-order valence-corrected chi connectivity index (χ1v) is 17.9. The Bertz CT molecular complexity index is 2140. The number of esters is 1. The Morgan fingerprint density at radius 3 is 2.04 bits per heavy atom. The minimum atomic E-state index is -0.389. The van der Waals surface area contributed by atoms with E-state index < -0.39 is 0 Å². The lowest BCUT2D eigenvalue weighted by Crippen LogP contribution is -2.30. The van der Waals surface area contributed by atoms with Crippen LogP contribution in [0.2, 0.25) is 0 Å². The van der Waals surface area contributed by atoms with Crippen LogP contribution < -0.4 is 16.0 Å². The van der Waals surface area contributed by atoms with E-state index in [2.05, 4.69) is 16.0 Å². The van der Waals surface area contributed by atoms with E-state index in [0.717, 1.165) is 69.4 Å². The second-order valence-electron chi connectivity index (χ2n) is 11.8. The number of ether oxygens (including phenoxy) is 1. The van der Waals surface area contributed by atoms with Crippen molar-refractivity contribution in [3.63, 3.8) is 0 Å². The van der Waals surface area contributed by atoms with E-state index >= 15 is 0 Å². The number of amides is 5. The number of hydrogen-bond donors (Lipinski definition) is 3. The first kappa shape index (κ1) is 35.5. The van der Waals surface area contributed by atoms with Crippen molar-refractivity contribution < 1.29 is 42.3 Å². The molecule has 7 rings (SSSR count). The van der Waals surface area contributed by atoms with Gasteiger partial charge >= 0.3 is 5.97 Å². The maximum Gasteiger partial charge on any atom is 0.306 e. The zero-order valence-corrected chi connectivity index (χ0v) is 29.1. The minimum absolute atomic E-state index is 0.105. The van der Waals surface area contributed by atoms with Crippen molar-refractivity contribution in [3.8, 4) is 0 Å². The molecule has 51 heavy (non-hydrogen) atoms. The molecule has 5 amide bonds. The maximum absolute atomic E-state index is 12.1. The summed E-state index contributed by atoms with van der Waals surface area (Å²) in [5, 5.41) is 8.45. The van der Waals surface area contributed by atoms with Gasteiger partial charge < -0.3 is 18.9 Å². The van der Waals surface area contributed by atoms with Crippen molar-refractivity contribution in [2.24, 2.45) is 0 Å². The van der Waals surface area contributed by atoms with Crippen LogP contribution in [-0.2, 0) is 30.3 Å². The van der Waals surface area contributed by atoms with Crippen LogP contribution in [0, 0.1) is 0 Å². The predicted molar refractivity (Wildman–Crippen MR) is 195 cm³/mol. The molecule has 0 unspecified atom stereocenters. The number of nitrogens with one attached hydrogen (secondary N) is 3. The topological polar surface area (TPSA) is 174 Å². The van der Waals surface area contributed by atoms with E-state index in [4.69, 9.17) is 13.6 Å². The molecule has 12 nitrogen and oxygen atoms in total. The van der Waals surface area contributed by atoms with Gasteiger partial charge in [0.15, 0.2) is 0 Å². The summed E-state index contributed by atoms with van der Waals surface area (Å²) in [6.45, 7) is 2.13. The molecule has 2 saturated heterocycles. The molecule has 14 heteroatoms. The highest BCUT2D eigenvalue weighted by molar-refractivity contribution is 8.18. The van der Waals surface area contributed by atoms with Gasteiger partial charge in [0, 0.05) is 34.9 Å². The quantitative estimate of drug-likeness (QED) is 0.119. The van der Waals surface area contributed by atoms with Crippen LogP contribution in [0.4, 0.5) is 9.59 Å². The van der Waals surface area contributed by atoms with Crippen molar-refractivity contribution in [1.82, 2.24) is 16.0 Å². The Kier molecular flexibility index (Phi) is 11.2. The molecule has 4 aromatic rings. The molecule has 3 aliphatic rings. The molecule has 3 N–H and O–H groups in total. The highest BCUT2D eigenvalue weighted by Crippen LogP contribution is 2.30. The average Bonchev–Trinajstić information content (AvgIpc) is 3.94. The number of hydrogen-bond acceptors (Lipinski definition) is 11. The van der Waals surface area contributed by atoms with Gasteiger partial charge in [0.2, 0.25) is 5.91 Å². The summed E-state index contributed by atoms with van der Waals surface area (Å²) in [5.41, 5.74) is 4.64. The number of carbonyl (C=O) groups is 6. The summed E-state index contributed by atoms with van der Waals surface area (Å²) in [4.78, 5) is 70.1. The van der Waals surface area contributed by atoms with Crippen LogP contribution in [0.1, 0.15) is 61.3 Å². The van der Waals surface area contributed by atoms with Gasteiger partial charge in [-0.05, 0) is 109 Å². The van der Waals surface area contributed by atoms with Crippen LogP contribution in [0.3, 0.4) is 0 Å². The Morgan fingerprint density at radius 2 is 1.45 bits per heavy atom. The van der Waals surface area contributed by atoms with Gasteiger partial charge in [0.1, 0.15) is 11.2 Å². The van der Waals surface area contributed by atoms with E-state index in [-0.39, 0.29) is 46.6 Å². The first-order valence-electron chi connectivity index (χ1n) is 16.3. The monoisotopic (exact) mass is 727 g/mol.